The van der Waals surface area contributed by atoms with Gasteiger partial charge in [-0.3, -0.25) is 0 Å². The molecule has 0 aliphatic rings. The van der Waals surface area contributed by atoms with Gasteiger partial charge in [-0.25, -0.2) is 9.18 Å². The molecule has 156 valence electrons. The second kappa shape index (κ2) is 9.41. The van der Waals surface area contributed by atoms with E-state index in [2.05, 4.69) is 15.5 Å². The molecule has 7 nitrogen and oxygen atoms in total. The number of rotatable bonds is 8. The molecular weight excluding hydrogens is 413 g/mol. The van der Waals surface area contributed by atoms with Crippen LogP contribution < -0.4 is 14.8 Å². The second-order valence-corrected chi connectivity index (χ2v) is 6.71. The molecule has 0 saturated carbocycles. The Morgan fingerprint density at radius 3 is 2.63 bits per heavy atom. The van der Waals surface area contributed by atoms with E-state index in [-0.39, 0.29) is 22.6 Å². The number of carbonyl (C=O) groups is 1. The van der Waals surface area contributed by atoms with Gasteiger partial charge < -0.3 is 19.9 Å². The maximum atomic E-state index is 14.2. The highest BCUT2D eigenvalue weighted by Gasteiger charge is 2.17. The Kier molecular flexibility index (Phi) is 6.68. The molecule has 0 bridgehead atoms. The molecule has 0 unspecified atom stereocenters. The van der Waals surface area contributed by atoms with E-state index in [0.29, 0.717) is 29.5 Å². The van der Waals surface area contributed by atoms with E-state index in [4.69, 9.17) is 21.1 Å². The smallest absolute Gasteiger partial charge is 0.358 e. The fraction of sp³-hybridized carbons (Fsp3) is 0.190. The van der Waals surface area contributed by atoms with Crippen LogP contribution in [0.3, 0.4) is 0 Å². The molecule has 0 saturated heterocycles. The van der Waals surface area contributed by atoms with Crippen LogP contribution in [-0.4, -0.2) is 42.0 Å². The molecule has 2 N–H and O–H groups in total. The van der Waals surface area contributed by atoms with Crippen molar-refractivity contribution < 1.29 is 23.8 Å². The van der Waals surface area contributed by atoms with Gasteiger partial charge in [0, 0.05) is 23.2 Å². The maximum absolute atomic E-state index is 14.2. The van der Waals surface area contributed by atoms with Crippen LogP contribution in [0, 0.1) is 5.82 Å². The summed E-state index contributed by atoms with van der Waals surface area (Å²) in [7, 11) is 3.13. The van der Waals surface area contributed by atoms with Gasteiger partial charge >= 0.3 is 5.97 Å². The highest BCUT2D eigenvalue weighted by atomic mass is 35.5. The number of halogens is 2. The summed E-state index contributed by atoms with van der Waals surface area (Å²) in [4.78, 5) is 11.5. The normalized spacial score (nSPS) is 10.5. The van der Waals surface area contributed by atoms with Crippen molar-refractivity contribution in [3.8, 4) is 22.8 Å². The minimum absolute atomic E-state index is 0.131. The van der Waals surface area contributed by atoms with Gasteiger partial charge in [0.1, 0.15) is 17.3 Å². The third kappa shape index (κ3) is 4.77. The SMILES string of the molecule is COc1ccc(CCNc2cc(-c3cc(Cl)ccc3F)nnc2C(=O)O)c(OC)c1. The van der Waals surface area contributed by atoms with E-state index in [1.165, 1.54) is 24.3 Å². The third-order valence-electron chi connectivity index (χ3n) is 4.40. The molecule has 30 heavy (non-hydrogen) atoms. The lowest BCUT2D eigenvalue weighted by Gasteiger charge is -2.13. The molecule has 3 rings (SSSR count). The van der Waals surface area contributed by atoms with E-state index >= 15 is 0 Å². The van der Waals surface area contributed by atoms with Crippen molar-refractivity contribution in [1.29, 1.82) is 0 Å². The summed E-state index contributed by atoms with van der Waals surface area (Å²) < 4.78 is 24.7. The Labute approximate surface area is 177 Å². The fourth-order valence-electron chi connectivity index (χ4n) is 2.90. The Morgan fingerprint density at radius 2 is 1.93 bits per heavy atom. The average molecular weight is 432 g/mol. The summed E-state index contributed by atoms with van der Waals surface area (Å²) in [5.41, 5.74) is 1.17. The van der Waals surface area contributed by atoms with Crippen molar-refractivity contribution in [3.05, 3.63) is 64.6 Å². The number of nitrogens with one attached hydrogen (secondary N) is 1. The van der Waals surface area contributed by atoms with Gasteiger partial charge in [-0.1, -0.05) is 17.7 Å². The van der Waals surface area contributed by atoms with Crippen molar-refractivity contribution in [2.75, 3.05) is 26.1 Å². The molecule has 1 heterocycles. The Morgan fingerprint density at radius 1 is 1.13 bits per heavy atom. The summed E-state index contributed by atoms with van der Waals surface area (Å²) in [6, 6.07) is 10.9. The monoisotopic (exact) mass is 431 g/mol. The third-order valence-corrected chi connectivity index (χ3v) is 4.64. The Bertz CT molecular complexity index is 1080. The standard InChI is InChI=1S/C21H19ClFN3O4/c1-29-14-5-3-12(19(10-14)30-2)7-8-24-18-11-17(25-26-20(18)21(27)28)15-9-13(22)4-6-16(15)23/h3-6,9-11H,7-8H2,1-2H3,(H,24,25)(H,27,28). The number of aromatic carboxylic acids is 1. The van der Waals surface area contributed by atoms with Crippen LogP contribution in [0.4, 0.5) is 10.1 Å². The zero-order chi connectivity index (χ0) is 21.7. The summed E-state index contributed by atoms with van der Waals surface area (Å²) in [5, 5.41) is 20.4. The number of hydrogen-bond acceptors (Lipinski definition) is 6. The van der Waals surface area contributed by atoms with Crippen molar-refractivity contribution in [2.45, 2.75) is 6.42 Å². The molecule has 0 amide bonds. The number of methoxy groups -OCH3 is 2. The lowest BCUT2D eigenvalue weighted by Crippen LogP contribution is -2.13. The topological polar surface area (TPSA) is 93.6 Å². The Balaban J connectivity index is 1.84. The zero-order valence-electron chi connectivity index (χ0n) is 16.3. The number of carboxylic acids is 1. The second-order valence-electron chi connectivity index (χ2n) is 6.28. The van der Waals surface area contributed by atoms with Crippen LogP contribution in [0.5, 0.6) is 11.5 Å². The van der Waals surface area contributed by atoms with Crippen LogP contribution >= 0.6 is 11.6 Å². The molecule has 0 atom stereocenters. The average Bonchev–Trinajstić information content (AvgIpc) is 2.75. The predicted molar refractivity (Wildman–Crippen MR) is 111 cm³/mol. The lowest BCUT2D eigenvalue weighted by molar-refractivity contribution is 0.0690. The number of anilines is 1. The van der Waals surface area contributed by atoms with Gasteiger partial charge in [0.15, 0.2) is 5.69 Å². The van der Waals surface area contributed by atoms with Gasteiger partial charge in [-0.05, 0) is 42.3 Å². The zero-order valence-corrected chi connectivity index (χ0v) is 17.0. The van der Waals surface area contributed by atoms with Crippen LogP contribution in [0.1, 0.15) is 16.1 Å². The lowest BCUT2D eigenvalue weighted by atomic mass is 10.1. The first-order valence-electron chi connectivity index (χ1n) is 8.94. The van der Waals surface area contributed by atoms with Crippen LogP contribution in [-0.2, 0) is 6.42 Å². The number of ether oxygens (including phenoxy) is 2. The molecule has 0 aliphatic heterocycles. The Hall–Kier alpha value is -3.39. The number of carboxylic acid groups (broad SMARTS) is 1. The highest BCUT2D eigenvalue weighted by Crippen LogP contribution is 2.28. The molecule has 0 aliphatic carbocycles. The van der Waals surface area contributed by atoms with Crippen molar-refractivity contribution in [3.63, 3.8) is 0 Å². The molecule has 0 spiro atoms. The first-order chi connectivity index (χ1) is 14.4. The molecule has 2 aromatic carbocycles. The molecule has 3 aromatic rings. The van der Waals surface area contributed by atoms with E-state index in [1.54, 1.807) is 20.3 Å². The van der Waals surface area contributed by atoms with Crippen LogP contribution in [0.15, 0.2) is 42.5 Å². The van der Waals surface area contributed by atoms with Crippen molar-refractivity contribution in [2.24, 2.45) is 0 Å². The minimum Gasteiger partial charge on any atom is -0.497 e. The first-order valence-corrected chi connectivity index (χ1v) is 9.32. The van der Waals surface area contributed by atoms with E-state index in [1.807, 2.05) is 12.1 Å². The van der Waals surface area contributed by atoms with E-state index in [9.17, 15) is 14.3 Å². The molecule has 9 heteroatoms. The summed E-state index contributed by atoms with van der Waals surface area (Å²) in [6.07, 6.45) is 0.537. The van der Waals surface area contributed by atoms with Gasteiger partial charge in [-0.2, -0.15) is 0 Å². The highest BCUT2D eigenvalue weighted by molar-refractivity contribution is 6.30. The first kappa shape index (κ1) is 21.3. The van der Waals surface area contributed by atoms with E-state index in [0.717, 1.165) is 5.56 Å². The molecule has 1 aromatic heterocycles. The molecule has 0 radical (unpaired) electrons. The van der Waals surface area contributed by atoms with Gasteiger partial charge in [0.25, 0.3) is 0 Å². The van der Waals surface area contributed by atoms with E-state index < -0.39 is 11.8 Å². The van der Waals surface area contributed by atoms with Crippen molar-refractivity contribution in [1.82, 2.24) is 10.2 Å². The van der Waals surface area contributed by atoms with Crippen LogP contribution in [0.25, 0.3) is 11.3 Å². The molecular formula is C21H19ClFN3O4. The predicted octanol–water partition coefficient (Wildman–Crippen LogP) is 4.31. The fourth-order valence-corrected chi connectivity index (χ4v) is 3.07. The van der Waals surface area contributed by atoms with Crippen molar-refractivity contribution >= 4 is 23.3 Å². The summed E-state index contributed by atoms with van der Waals surface area (Å²) in [5.74, 6) is -0.455. The summed E-state index contributed by atoms with van der Waals surface area (Å²) in [6.45, 7) is 0.381. The quantitative estimate of drug-likeness (QED) is 0.549. The largest absolute Gasteiger partial charge is 0.497 e. The summed E-state index contributed by atoms with van der Waals surface area (Å²) >= 11 is 5.94. The maximum Gasteiger partial charge on any atom is 0.358 e. The molecule has 0 fully saturated rings. The minimum atomic E-state index is -1.25. The number of hydrogen-bond donors (Lipinski definition) is 2. The number of aromatic nitrogens is 2. The number of benzene rings is 2. The number of nitrogens with zero attached hydrogens (tertiary/aromatic N) is 2. The van der Waals surface area contributed by atoms with Gasteiger partial charge in [0.2, 0.25) is 0 Å². The van der Waals surface area contributed by atoms with Gasteiger partial charge in [-0.15, -0.1) is 10.2 Å². The van der Waals surface area contributed by atoms with Gasteiger partial charge in [0.05, 0.1) is 25.6 Å². The van der Waals surface area contributed by atoms with Crippen LogP contribution in [0.2, 0.25) is 5.02 Å².